The number of hydrogen-bond donors (Lipinski definition) is 1. The zero-order chi connectivity index (χ0) is 23.3. The molecule has 0 aromatic heterocycles. The molecule has 0 aromatic carbocycles. The van der Waals surface area contributed by atoms with Crippen LogP contribution in [0.2, 0.25) is 0 Å². The van der Waals surface area contributed by atoms with Gasteiger partial charge in [-0.15, -0.1) is 0 Å². The Bertz CT molecular complexity index is 767. The van der Waals surface area contributed by atoms with Crippen LogP contribution < -0.4 is 0 Å². The lowest BCUT2D eigenvalue weighted by Crippen LogP contribution is -2.53. The molecule has 0 unspecified atom stereocenters. The molecule has 32 heavy (non-hydrogen) atoms. The third kappa shape index (κ3) is 3.99. The molecule has 0 aromatic rings. The number of aliphatic hydroxyl groups is 1. The van der Waals surface area contributed by atoms with Crippen molar-refractivity contribution >= 4 is 12.3 Å². The van der Waals surface area contributed by atoms with Crippen LogP contribution in [0.3, 0.4) is 0 Å². The standard InChI is InChI=1S/C28H44O4/c1-18(2)14-20(30)16-28(5,31)25-9-8-23-22-7-6-19-15-21(32-17-29)10-12-26(19,3)24(22)11-13-27(23,25)4/h6,17-18,21-25,31H,7-16H2,1-5H3/t21-,22-,23-,24-,25-,26-,27-,28-/m0/s1. The Hall–Kier alpha value is -1.16. The fourth-order valence-corrected chi connectivity index (χ4v) is 8.89. The molecule has 4 aliphatic rings. The van der Waals surface area contributed by atoms with Crippen LogP contribution in [-0.2, 0) is 14.3 Å². The number of Topliss-reactive ketones (excluding diaryl/α,β-unsaturated/α-hetero) is 1. The second-order valence-corrected chi connectivity index (χ2v) is 12.7. The minimum atomic E-state index is -0.911. The number of ether oxygens (including phenoxy) is 1. The van der Waals surface area contributed by atoms with Crippen molar-refractivity contribution in [1.29, 1.82) is 0 Å². The number of ketones is 1. The highest BCUT2D eigenvalue weighted by molar-refractivity contribution is 5.79. The van der Waals surface area contributed by atoms with Gasteiger partial charge in [0.15, 0.2) is 0 Å². The largest absolute Gasteiger partial charge is 0.464 e. The van der Waals surface area contributed by atoms with E-state index in [4.69, 9.17) is 4.74 Å². The van der Waals surface area contributed by atoms with E-state index in [-0.39, 0.29) is 28.6 Å². The van der Waals surface area contributed by atoms with Crippen LogP contribution in [0, 0.1) is 40.4 Å². The highest BCUT2D eigenvalue weighted by Crippen LogP contribution is 2.67. The molecule has 3 fully saturated rings. The maximum atomic E-state index is 12.6. The Morgan fingerprint density at radius 1 is 1.22 bits per heavy atom. The van der Waals surface area contributed by atoms with Crippen LogP contribution in [0.4, 0.5) is 0 Å². The SMILES string of the molecule is CC(C)CC(=O)C[C@](C)(O)[C@H]1CC[C@H]2[C@@H]3CC=C4C[C@@H](OC=O)CC[C@]4(C)[C@H]3CC[C@@]21C. The van der Waals surface area contributed by atoms with E-state index in [1.165, 1.54) is 18.4 Å². The Morgan fingerprint density at radius 3 is 2.66 bits per heavy atom. The van der Waals surface area contributed by atoms with Gasteiger partial charge in [-0.2, -0.15) is 0 Å². The van der Waals surface area contributed by atoms with Gasteiger partial charge in [-0.3, -0.25) is 9.59 Å². The molecule has 0 heterocycles. The van der Waals surface area contributed by atoms with Crippen LogP contribution in [-0.4, -0.2) is 29.1 Å². The summed E-state index contributed by atoms with van der Waals surface area (Å²) in [6, 6.07) is 0. The van der Waals surface area contributed by atoms with E-state index in [0.29, 0.717) is 43.0 Å². The topological polar surface area (TPSA) is 63.6 Å². The van der Waals surface area contributed by atoms with Gasteiger partial charge in [-0.1, -0.05) is 39.3 Å². The lowest BCUT2D eigenvalue weighted by Gasteiger charge is -2.59. The zero-order valence-electron chi connectivity index (χ0n) is 20.9. The molecule has 4 nitrogen and oxygen atoms in total. The molecule has 0 radical (unpaired) electrons. The number of rotatable bonds is 7. The number of fused-ring (bicyclic) bond motifs is 5. The van der Waals surface area contributed by atoms with E-state index in [0.717, 1.165) is 38.5 Å². The molecule has 0 aliphatic heterocycles. The summed E-state index contributed by atoms with van der Waals surface area (Å²) in [5.41, 5.74) is 0.941. The Kier molecular flexibility index (Phi) is 6.42. The molecule has 1 N–H and O–H groups in total. The first kappa shape index (κ1) is 24.0. The Morgan fingerprint density at radius 2 is 1.97 bits per heavy atom. The third-order valence-corrected chi connectivity index (χ3v) is 10.2. The number of hydrogen-bond acceptors (Lipinski definition) is 4. The third-order valence-electron chi connectivity index (χ3n) is 10.2. The van der Waals surface area contributed by atoms with Gasteiger partial charge in [0.1, 0.15) is 11.9 Å². The smallest absolute Gasteiger partial charge is 0.293 e. The summed E-state index contributed by atoms with van der Waals surface area (Å²) < 4.78 is 5.33. The average molecular weight is 445 g/mol. The molecule has 4 heteroatoms. The summed E-state index contributed by atoms with van der Waals surface area (Å²) in [7, 11) is 0. The fraction of sp³-hybridized carbons (Fsp3) is 0.857. The molecule has 3 saturated carbocycles. The first-order valence-corrected chi connectivity index (χ1v) is 13.0. The summed E-state index contributed by atoms with van der Waals surface area (Å²) in [4.78, 5) is 23.4. The van der Waals surface area contributed by atoms with E-state index in [1.807, 2.05) is 6.92 Å². The van der Waals surface area contributed by atoms with E-state index in [2.05, 4.69) is 33.8 Å². The summed E-state index contributed by atoms with van der Waals surface area (Å²) in [6.45, 7) is 11.6. The Labute approximate surface area is 194 Å². The average Bonchev–Trinajstić information content (AvgIpc) is 3.05. The van der Waals surface area contributed by atoms with Crippen molar-refractivity contribution in [2.45, 2.75) is 111 Å². The second kappa shape index (κ2) is 8.56. The van der Waals surface area contributed by atoms with Crippen LogP contribution in [0.15, 0.2) is 11.6 Å². The van der Waals surface area contributed by atoms with Gasteiger partial charge >= 0.3 is 0 Å². The van der Waals surface area contributed by atoms with Gasteiger partial charge in [0.25, 0.3) is 6.47 Å². The van der Waals surface area contributed by atoms with Crippen LogP contribution in [0.25, 0.3) is 0 Å². The minimum Gasteiger partial charge on any atom is -0.464 e. The van der Waals surface area contributed by atoms with Gasteiger partial charge in [-0.05, 0) is 92.3 Å². The first-order chi connectivity index (χ1) is 15.0. The number of allylic oxidation sites excluding steroid dienone is 1. The maximum absolute atomic E-state index is 12.6. The normalized spacial score (nSPS) is 42.8. The van der Waals surface area contributed by atoms with Crippen molar-refractivity contribution in [3.63, 3.8) is 0 Å². The van der Waals surface area contributed by atoms with Crippen LogP contribution in [0.1, 0.15) is 98.8 Å². The fourth-order valence-electron chi connectivity index (χ4n) is 8.89. The lowest BCUT2D eigenvalue weighted by atomic mass is 9.46. The zero-order valence-corrected chi connectivity index (χ0v) is 20.9. The van der Waals surface area contributed by atoms with E-state index in [1.54, 1.807) is 0 Å². The van der Waals surface area contributed by atoms with Gasteiger partial charge in [0.2, 0.25) is 0 Å². The highest BCUT2D eigenvalue weighted by atomic mass is 16.5. The lowest BCUT2D eigenvalue weighted by molar-refractivity contribution is -0.138. The van der Waals surface area contributed by atoms with Gasteiger partial charge in [0.05, 0.1) is 5.60 Å². The second-order valence-electron chi connectivity index (χ2n) is 12.7. The predicted octanol–water partition coefficient (Wildman–Crippen LogP) is 5.86. The molecule has 180 valence electrons. The minimum absolute atomic E-state index is 0.0477. The molecule has 4 aliphatic carbocycles. The van der Waals surface area contributed by atoms with E-state index < -0.39 is 5.60 Å². The number of carbonyl (C=O) groups excluding carboxylic acids is 2. The van der Waals surface area contributed by atoms with Gasteiger partial charge < -0.3 is 9.84 Å². The summed E-state index contributed by atoms with van der Waals surface area (Å²) in [5, 5.41) is 11.5. The molecule has 0 bridgehead atoms. The van der Waals surface area contributed by atoms with Crippen molar-refractivity contribution in [2.24, 2.45) is 40.4 Å². The molecule has 4 rings (SSSR count). The Balaban J connectivity index is 1.53. The van der Waals surface area contributed by atoms with E-state index >= 15 is 0 Å². The van der Waals surface area contributed by atoms with Crippen LogP contribution >= 0.6 is 0 Å². The van der Waals surface area contributed by atoms with Crippen molar-refractivity contribution in [3.8, 4) is 0 Å². The predicted molar refractivity (Wildman–Crippen MR) is 126 cm³/mol. The monoisotopic (exact) mass is 444 g/mol. The van der Waals surface area contributed by atoms with Crippen LogP contribution in [0.5, 0.6) is 0 Å². The quantitative estimate of drug-likeness (QED) is 0.394. The first-order valence-electron chi connectivity index (χ1n) is 13.0. The molecule has 0 spiro atoms. The van der Waals surface area contributed by atoms with Crippen molar-refractivity contribution in [3.05, 3.63) is 11.6 Å². The van der Waals surface area contributed by atoms with Gasteiger partial charge in [-0.25, -0.2) is 0 Å². The molecule has 8 atom stereocenters. The summed E-state index contributed by atoms with van der Waals surface area (Å²) in [6.07, 6.45) is 12.0. The molecular weight excluding hydrogens is 400 g/mol. The highest BCUT2D eigenvalue weighted by Gasteiger charge is 2.61. The molecule has 0 saturated heterocycles. The van der Waals surface area contributed by atoms with Crippen molar-refractivity contribution < 1.29 is 19.4 Å². The van der Waals surface area contributed by atoms with Crippen molar-refractivity contribution in [2.75, 3.05) is 0 Å². The number of carbonyl (C=O) groups is 2. The van der Waals surface area contributed by atoms with E-state index in [9.17, 15) is 14.7 Å². The summed E-state index contributed by atoms with van der Waals surface area (Å²) >= 11 is 0. The summed E-state index contributed by atoms with van der Waals surface area (Å²) in [5.74, 6) is 2.72. The molecular formula is C28H44O4. The van der Waals surface area contributed by atoms with Gasteiger partial charge in [0, 0.05) is 19.3 Å². The molecule has 0 amide bonds. The maximum Gasteiger partial charge on any atom is 0.293 e. The van der Waals surface area contributed by atoms with Crippen molar-refractivity contribution in [1.82, 2.24) is 0 Å².